The maximum atomic E-state index is 12.3. The molecule has 0 aromatic carbocycles. The van der Waals surface area contributed by atoms with Crippen molar-refractivity contribution in [3.05, 3.63) is 54.1 Å². The van der Waals surface area contributed by atoms with Crippen molar-refractivity contribution in [2.24, 2.45) is 0 Å². The van der Waals surface area contributed by atoms with Crippen molar-refractivity contribution < 1.29 is 4.79 Å². The Morgan fingerprint density at radius 3 is 3.00 bits per heavy atom. The lowest BCUT2D eigenvalue weighted by Crippen LogP contribution is -2.39. The molecule has 0 bridgehead atoms. The van der Waals surface area contributed by atoms with Gasteiger partial charge in [-0.25, -0.2) is 4.79 Å². The molecule has 0 unspecified atom stereocenters. The molecule has 1 atom stereocenters. The summed E-state index contributed by atoms with van der Waals surface area (Å²) in [5, 5.41) is 2.98. The molecule has 1 saturated heterocycles. The Kier molecular flexibility index (Phi) is 3.67. The van der Waals surface area contributed by atoms with Crippen LogP contribution in [0.5, 0.6) is 0 Å². The molecule has 1 aliphatic rings. The van der Waals surface area contributed by atoms with E-state index in [4.69, 9.17) is 0 Å². The number of nitrogens with zero attached hydrogens (tertiary/aromatic N) is 2. The summed E-state index contributed by atoms with van der Waals surface area (Å²) in [5.41, 5.74) is 2.17. The van der Waals surface area contributed by atoms with E-state index in [2.05, 4.69) is 15.3 Å². The maximum absolute atomic E-state index is 12.3. The van der Waals surface area contributed by atoms with E-state index >= 15 is 0 Å². The highest BCUT2D eigenvalue weighted by molar-refractivity contribution is 5.75. The Hall–Kier alpha value is -2.30. The van der Waals surface area contributed by atoms with Gasteiger partial charge in [0.1, 0.15) is 0 Å². The summed E-state index contributed by atoms with van der Waals surface area (Å²) in [6.45, 7) is 1.35. The number of rotatable bonds is 3. The van der Waals surface area contributed by atoms with Crippen LogP contribution in [0.4, 0.5) is 4.79 Å². The minimum absolute atomic E-state index is 0.00101. The summed E-state index contributed by atoms with van der Waals surface area (Å²) in [5.74, 6) is 0. The molecule has 2 aromatic rings. The van der Waals surface area contributed by atoms with Crippen LogP contribution >= 0.6 is 0 Å². The van der Waals surface area contributed by atoms with Gasteiger partial charge >= 0.3 is 6.03 Å². The van der Waals surface area contributed by atoms with Crippen LogP contribution in [0.25, 0.3) is 0 Å². The third kappa shape index (κ3) is 2.66. The van der Waals surface area contributed by atoms with Crippen LogP contribution in [0.3, 0.4) is 0 Å². The van der Waals surface area contributed by atoms with Crippen molar-refractivity contribution in [3.8, 4) is 0 Å². The Morgan fingerprint density at radius 1 is 1.40 bits per heavy atom. The fourth-order valence-electron chi connectivity index (χ4n) is 2.66. The molecule has 2 amide bonds. The highest BCUT2D eigenvalue weighted by Gasteiger charge is 2.30. The molecular formula is C15H18N4O. The predicted molar refractivity (Wildman–Crippen MR) is 75.9 cm³/mol. The van der Waals surface area contributed by atoms with Crippen molar-refractivity contribution in [1.82, 2.24) is 20.2 Å². The maximum Gasteiger partial charge on any atom is 0.318 e. The Morgan fingerprint density at radius 2 is 2.25 bits per heavy atom. The number of carbonyl (C=O) groups excluding carboxylic acids is 1. The number of hydrogen-bond donors (Lipinski definition) is 2. The molecule has 0 radical (unpaired) electrons. The van der Waals surface area contributed by atoms with Crippen molar-refractivity contribution >= 4 is 6.03 Å². The van der Waals surface area contributed by atoms with Crippen LogP contribution in [0.2, 0.25) is 0 Å². The number of likely N-dealkylation sites (tertiary alicyclic amines) is 1. The number of nitrogens with one attached hydrogen (secondary N) is 2. The van der Waals surface area contributed by atoms with Gasteiger partial charge in [-0.3, -0.25) is 4.98 Å². The molecule has 5 nitrogen and oxygen atoms in total. The van der Waals surface area contributed by atoms with E-state index in [0.29, 0.717) is 6.54 Å². The fourth-order valence-corrected chi connectivity index (χ4v) is 2.66. The van der Waals surface area contributed by atoms with Gasteiger partial charge in [-0.2, -0.15) is 0 Å². The third-order valence-corrected chi connectivity index (χ3v) is 3.69. The third-order valence-electron chi connectivity index (χ3n) is 3.69. The van der Waals surface area contributed by atoms with Gasteiger partial charge in [-0.05, 0) is 42.7 Å². The van der Waals surface area contributed by atoms with Crippen molar-refractivity contribution in [3.63, 3.8) is 0 Å². The number of pyridine rings is 1. The lowest BCUT2D eigenvalue weighted by Gasteiger charge is -2.24. The summed E-state index contributed by atoms with van der Waals surface area (Å²) in [6, 6.07) is 8.00. The SMILES string of the molecule is O=C(NCc1ccncc1)N1CCC[C@@H]1c1ccc[nH]1. The second-order valence-electron chi connectivity index (χ2n) is 4.99. The fraction of sp³-hybridized carbons (Fsp3) is 0.333. The quantitative estimate of drug-likeness (QED) is 0.900. The average Bonchev–Trinajstić information content (AvgIpc) is 3.15. The van der Waals surface area contributed by atoms with Crippen molar-refractivity contribution in [1.29, 1.82) is 0 Å². The van der Waals surface area contributed by atoms with Gasteiger partial charge < -0.3 is 15.2 Å². The standard InChI is InChI=1S/C15H18N4O/c20-15(18-11-12-5-8-16-9-6-12)19-10-2-4-14(19)13-3-1-7-17-13/h1,3,5-9,14,17H,2,4,10-11H2,(H,18,20)/t14-/m1/s1. The van der Waals surface area contributed by atoms with Crippen LogP contribution in [0.15, 0.2) is 42.9 Å². The van der Waals surface area contributed by atoms with Gasteiger partial charge in [0.05, 0.1) is 6.04 Å². The molecule has 20 heavy (non-hydrogen) atoms. The van der Waals surface area contributed by atoms with Gasteiger partial charge in [0.25, 0.3) is 0 Å². The number of H-pyrrole nitrogens is 1. The molecule has 2 aromatic heterocycles. The topological polar surface area (TPSA) is 61.0 Å². The van der Waals surface area contributed by atoms with Crippen LogP contribution in [-0.2, 0) is 6.54 Å². The van der Waals surface area contributed by atoms with E-state index in [-0.39, 0.29) is 12.1 Å². The average molecular weight is 270 g/mol. The summed E-state index contributed by atoms with van der Waals surface area (Å²) in [4.78, 5) is 21.4. The minimum Gasteiger partial charge on any atom is -0.363 e. The summed E-state index contributed by atoms with van der Waals surface area (Å²) in [6.07, 6.45) is 7.44. The zero-order valence-electron chi connectivity index (χ0n) is 11.2. The molecule has 0 saturated carbocycles. The largest absolute Gasteiger partial charge is 0.363 e. The summed E-state index contributed by atoms with van der Waals surface area (Å²) >= 11 is 0. The molecule has 0 spiro atoms. The normalized spacial score (nSPS) is 18.2. The highest BCUT2D eigenvalue weighted by atomic mass is 16.2. The van der Waals surface area contributed by atoms with Crippen LogP contribution < -0.4 is 5.32 Å². The van der Waals surface area contributed by atoms with Gasteiger partial charge in [0, 0.05) is 37.4 Å². The lowest BCUT2D eigenvalue weighted by atomic mass is 10.1. The molecular weight excluding hydrogens is 252 g/mol. The molecule has 104 valence electrons. The van der Waals surface area contributed by atoms with Crippen LogP contribution in [0, 0.1) is 0 Å². The molecule has 2 N–H and O–H groups in total. The molecule has 5 heteroatoms. The number of amides is 2. The summed E-state index contributed by atoms with van der Waals surface area (Å²) < 4.78 is 0. The monoisotopic (exact) mass is 270 g/mol. The molecule has 1 fully saturated rings. The van der Waals surface area contributed by atoms with Crippen molar-refractivity contribution in [2.75, 3.05) is 6.54 Å². The van der Waals surface area contributed by atoms with Crippen LogP contribution in [0.1, 0.15) is 30.1 Å². The Bertz CT molecular complexity index is 553. The van der Waals surface area contributed by atoms with Crippen molar-refractivity contribution in [2.45, 2.75) is 25.4 Å². The number of aromatic amines is 1. The first-order chi connectivity index (χ1) is 9.84. The predicted octanol–water partition coefficient (Wildman–Crippen LogP) is 2.46. The Balaban J connectivity index is 1.62. The van der Waals surface area contributed by atoms with Gasteiger partial charge in [0.15, 0.2) is 0 Å². The number of urea groups is 1. The van der Waals surface area contributed by atoms with Gasteiger partial charge in [-0.15, -0.1) is 0 Å². The highest BCUT2D eigenvalue weighted by Crippen LogP contribution is 2.30. The number of aromatic nitrogens is 2. The smallest absolute Gasteiger partial charge is 0.318 e. The zero-order chi connectivity index (χ0) is 13.8. The minimum atomic E-state index is -0.00101. The van der Waals surface area contributed by atoms with Gasteiger partial charge in [-0.1, -0.05) is 0 Å². The van der Waals surface area contributed by atoms with E-state index in [0.717, 1.165) is 30.6 Å². The van der Waals surface area contributed by atoms with E-state index in [9.17, 15) is 4.79 Å². The summed E-state index contributed by atoms with van der Waals surface area (Å²) in [7, 11) is 0. The molecule has 3 rings (SSSR count). The van der Waals surface area contributed by atoms with E-state index in [1.165, 1.54) is 0 Å². The van der Waals surface area contributed by atoms with Crippen LogP contribution in [-0.4, -0.2) is 27.4 Å². The number of hydrogen-bond acceptors (Lipinski definition) is 2. The first kappa shape index (κ1) is 12.7. The molecule has 0 aliphatic carbocycles. The zero-order valence-corrected chi connectivity index (χ0v) is 11.2. The first-order valence-electron chi connectivity index (χ1n) is 6.91. The lowest BCUT2D eigenvalue weighted by molar-refractivity contribution is 0.191. The van der Waals surface area contributed by atoms with E-state index in [1.807, 2.05) is 35.4 Å². The van der Waals surface area contributed by atoms with Gasteiger partial charge in [0.2, 0.25) is 0 Å². The first-order valence-corrected chi connectivity index (χ1v) is 6.91. The van der Waals surface area contributed by atoms with E-state index in [1.54, 1.807) is 12.4 Å². The second-order valence-corrected chi connectivity index (χ2v) is 4.99. The van der Waals surface area contributed by atoms with E-state index < -0.39 is 0 Å². The second kappa shape index (κ2) is 5.77. The Labute approximate surface area is 118 Å². The molecule has 3 heterocycles. The number of carbonyl (C=O) groups is 1. The molecule has 1 aliphatic heterocycles.